The number of rotatable bonds is 6. The van der Waals surface area contributed by atoms with Crippen molar-refractivity contribution < 1.29 is 14.3 Å². The summed E-state index contributed by atoms with van der Waals surface area (Å²) < 4.78 is 6.39. The Kier molecular flexibility index (Phi) is 5.99. The van der Waals surface area contributed by atoms with E-state index in [1.54, 1.807) is 18.2 Å². The molecule has 1 aromatic carbocycles. The van der Waals surface area contributed by atoms with Crippen LogP contribution in [-0.4, -0.2) is 33.7 Å². The lowest BCUT2D eigenvalue weighted by Crippen LogP contribution is -2.22. The molecular weight excluding hydrogens is 408 g/mol. The van der Waals surface area contributed by atoms with E-state index < -0.39 is 11.8 Å². The molecule has 3 aromatic rings. The number of ether oxygens (including phenoxy) is 1. The zero-order valence-corrected chi connectivity index (χ0v) is 16.9. The smallest absolute Gasteiger partial charge is 0.274 e. The van der Waals surface area contributed by atoms with Crippen LogP contribution in [0.1, 0.15) is 38.9 Å². The third kappa shape index (κ3) is 3.94. The van der Waals surface area contributed by atoms with E-state index in [9.17, 15) is 14.9 Å². The molecule has 3 N–H and O–H groups in total. The molecule has 0 fully saturated rings. The van der Waals surface area contributed by atoms with Crippen molar-refractivity contribution in [1.82, 2.24) is 14.8 Å². The molecule has 0 saturated heterocycles. The van der Waals surface area contributed by atoms with Crippen molar-refractivity contribution in [3.05, 3.63) is 63.9 Å². The zero-order chi connectivity index (χ0) is 21.8. The highest BCUT2D eigenvalue weighted by molar-refractivity contribution is 6.32. The van der Waals surface area contributed by atoms with Gasteiger partial charge in [-0.3, -0.25) is 9.59 Å². The fraction of sp³-hybridized carbons (Fsp3) is 0.150. The summed E-state index contributed by atoms with van der Waals surface area (Å²) in [6.45, 7) is 1.83. The average molecular weight is 425 g/mol. The molecule has 9 nitrogen and oxygen atoms in total. The Morgan fingerprint density at radius 3 is 2.73 bits per heavy atom. The second kappa shape index (κ2) is 8.63. The first-order valence-corrected chi connectivity index (χ1v) is 9.20. The molecule has 10 heteroatoms. The van der Waals surface area contributed by atoms with Crippen LogP contribution in [0.2, 0.25) is 5.02 Å². The van der Waals surface area contributed by atoms with Gasteiger partial charge in [0.1, 0.15) is 5.69 Å². The lowest BCUT2D eigenvalue weighted by atomic mass is 10.0. The normalized spacial score (nSPS) is 10.3. The first kappa shape index (κ1) is 20.8. The van der Waals surface area contributed by atoms with E-state index in [4.69, 9.17) is 22.1 Å². The molecule has 0 aliphatic carbocycles. The van der Waals surface area contributed by atoms with E-state index in [0.717, 1.165) is 0 Å². The van der Waals surface area contributed by atoms with Crippen molar-refractivity contribution in [2.24, 2.45) is 5.73 Å². The van der Waals surface area contributed by atoms with Gasteiger partial charge in [-0.2, -0.15) is 5.26 Å². The molecule has 0 bridgehead atoms. The van der Waals surface area contributed by atoms with Crippen molar-refractivity contribution >= 4 is 29.1 Å². The van der Waals surface area contributed by atoms with Gasteiger partial charge in [0.05, 0.1) is 35.0 Å². The number of amides is 2. The fourth-order valence-corrected chi connectivity index (χ4v) is 3.08. The number of nitriles is 1. The molecule has 152 valence electrons. The number of hydrogen-bond donors (Lipinski definition) is 2. The van der Waals surface area contributed by atoms with Crippen LogP contribution in [0.4, 0.5) is 5.69 Å². The summed E-state index contributed by atoms with van der Waals surface area (Å²) in [6.07, 6.45) is 1.97. The van der Waals surface area contributed by atoms with Crippen LogP contribution < -0.4 is 15.8 Å². The third-order valence-electron chi connectivity index (χ3n) is 4.30. The number of hydrogen-bond acceptors (Lipinski definition) is 6. The van der Waals surface area contributed by atoms with Crippen LogP contribution in [0.3, 0.4) is 0 Å². The van der Waals surface area contributed by atoms with E-state index in [1.807, 2.05) is 13.0 Å². The molecule has 2 amide bonds. The molecule has 0 radical (unpaired) electrons. The lowest BCUT2D eigenvalue weighted by Gasteiger charge is -2.15. The van der Waals surface area contributed by atoms with Gasteiger partial charge in [-0.1, -0.05) is 18.5 Å². The summed E-state index contributed by atoms with van der Waals surface area (Å²) in [5.74, 6) is -0.948. The van der Waals surface area contributed by atoms with Crippen LogP contribution in [0.25, 0.3) is 5.82 Å². The molecule has 2 heterocycles. The molecule has 2 aromatic heterocycles. The first-order chi connectivity index (χ1) is 14.4. The predicted octanol–water partition coefficient (Wildman–Crippen LogP) is 2.71. The van der Waals surface area contributed by atoms with Crippen molar-refractivity contribution in [3.8, 4) is 17.8 Å². The van der Waals surface area contributed by atoms with E-state index in [-0.39, 0.29) is 39.2 Å². The predicted molar refractivity (Wildman–Crippen MR) is 110 cm³/mol. The second-order valence-electron chi connectivity index (χ2n) is 6.13. The van der Waals surface area contributed by atoms with Gasteiger partial charge in [-0.05, 0) is 36.2 Å². The molecule has 30 heavy (non-hydrogen) atoms. The number of nitrogens with zero attached hydrogens (tertiary/aromatic N) is 4. The lowest BCUT2D eigenvalue weighted by molar-refractivity contribution is 0.100. The Bertz CT molecular complexity index is 1180. The Labute approximate surface area is 177 Å². The van der Waals surface area contributed by atoms with Crippen molar-refractivity contribution in [1.29, 1.82) is 5.26 Å². The maximum Gasteiger partial charge on any atom is 0.274 e. The highest BCUT2D eigenvalue weighted by atomic mass is 35.5. The molecule has 0 aliphatic rings. The van der Waals surface area contributed by atoms with Gasteiger partial charge in [0.15, 0.2) is 5.82 Å². The largest absolute Gasteiger partial charge is 0.480 e. The summed E-state index contributed by atoms with van der Waals surface area (Å²) >= 11 is 6.21. The van der Waals surface area contributed by atoms with E-state index in [1.165, 1.54) is 30.1 Å². The van der Waals surface area contributed by atoms with Gasteiger partial charge < -0.3 is 15.8 Å². The van der Waals surface area contributed by atoms with Crippen molar-refractivity contribution in [2.45, 2.75) is 13.3 Å². The Morgan fingerprint density at radius 2 is 2.13 bits per heavy atom. The average Bonchev–Trinajstić information content (AvgIpc) is 3.18. The van der Waals surface area contributed by atoms with Gasteiger partial charge >= 0.3 is 0 Å². The fourth-order valence-electron chi connectivity index (χ4n) is 2.88. The second-order valence-corrected chi connectivity index (χ2v) is 6.54. The number of benzene rings is 1. The maximum atomic E-state index is 13.1. The molecule has 3 rings (SSSR count). The summed E-state index contributed by atoms with van der Waals surface area (Å²) in [6, 6.07) is 9.59. The molecular formula is C20H17ClN6O3. The number of nitrogens with two attached hydrogens (primary N) is 1. The molecule has 0 atom stereocenters. The Hall–Kier alpha value is -3.90. The maximum absolute atomic E-state index is 13.1. The van der Waals surface area contributed by atoms with Crippen LogP contribution in [0, 0.1) is 11.3 Å². The highest BCUT2D eigenvalue weighted by Gasteiger charge is 2.23. The van der Waals surface area contributed by atoms with Gasteiger partial charge in [-0.25, -0.2) is 9.67 Å². The van der Waals surface area contributed by atoms with Crippen LogP contribution in [0.15, 0.2) is 36.5 Å². The molecule has 0 aliphatic heterocycles. The van der Waals surface area contributed by atoms with Crippen molar-refractivity contribution in [3.63, 3.8) is 0 Å². The SMILES string of the molecule is CCc1cc(C#N)cc(C(N)=O)c1NC(=O)c1cc(OC)nn1-c1ncccc1Cl. The number of pyridine rings is 1. The number of anilines is 1. The Morgan fingerprint density at radius 1 is 1.37 bits per heavy atom. The monoisotopic (exact) mass is 424 g/mol. The Balaban J connectivity index is 2.10. The number of aryl methyl sites for hydroxylation is 1. The van der Waals surface area contributed by atoms with E-state index in [2.05, 4.69) is 15.4 Å². The number of aromatic nitrogens is 3. The topological polar surface area (TPSA) is 136 Å². The molecule has 0 unspecified atom stereocenters. The minimum atomic E-state index is -0.768. The third-order valence-corrected chi connectivity index (χ3v) is 4.60. The minimum Gasteiger partial charge on any atom is -0.480 e. The van der Waals surface area contributed by atoms with Crippen molar-refractivity contribution in [2.75, 3.05) is 12.4 Å². The molecule has 0 spiro atoms. The minimum absolute atomic E-state index is 0.0353. The number of methoxy groups -OCH3 is 1. The number of primary amides is 1. The van der Waals surface area contributed by atoms with Crippen LogP contribution >= 0.6 is 11.6 Å². The summed E-state index contributed by atoms with van der Waals surface area (Å²) in [5.41, 5.74) is 6.68. The number of halogens is 1. The van der Waals surface area contributed by atoms with Gasteiger partial charge in [-0.15, -0.1) is 5.10 Å². The molecule has 0 saturated carbocycles. The summed E-state index contributed by atoms with van der Waals surface area (Å²) in [7, 11) is 1.41. The number of nitrogens with one attached hydrogen (secondary N) is 1. The van der Waals surface area contributed by atoms with Crippen LogP contribution in [0.5, 0.6) is 5.88 Å². The summed E-state index contributed by atoms with van der Waals surface area (Å²) in [5, 5.41) is 16.4. The zero-order valence-electron chi connectivity index (χ0n) is 16.1. The van der Waals surface area contributed by atoms with Crippen LogP contribution in [-0.2, 0) is 6.42 Å². The quantitative estimate of drug-likeness (QED) is 0.624. The van der Waals surface area contributed by atoms with Gasteiger partial charge in [0, 0.05) is 12.3 Å². The summed E-state index contributed by atoms with van der Waals surface area (Å²) in [4.78, 5) is 29.3. The first-order valence-electron chi connectivity index (χ1n) is 8.82. The number of carbonyl (C=O) groups is 2. The highest BCUT2D eigenvalue weighted by Crippen LogP contribution is 2.27. The van der Waals surface area contributed by atoms with Gasteiger partial charge in [0.2, 0.25) is 5.88 Å². The number of carbonyl (C=O) groups excluding carboxylic acids is 2. The standard InChI is InChI=1S/C20H17ClN6O3/c1-3-12-7-11(10-22)8-13(18(23)28)17(12)25-20(29)15-9-16(30-2)26-27(15)19-14(21)5-4-6-24-19/h4-9H,3H2,1-2H3,(H2,23,28)(H,25,29). The van der Waals surface area contributed by atoms with Gasteiger partial charge in [0.25, 0.3) is 11.8 Å². The van der Waals surface area contributed by atoms with E-state index in [0.29, 0.717) is 12.0 Å². The van der Waals surface area contributed by atoms with E-state index >= 15 is 0 Å².